The predicted molar refractivity (Wildman–Crippen MR) is 82.9 cm³/mol. The lowest BCUT2D eigenvalue weighted by atomic mass is 10.2. The molecular formula is C14H32N4O. The van der Waals surface area contributed by atoms with E-state index in [0.29, 0.717) is 6.04 Å². The number of ether oxygens (including phenoxy) is 1. The Balaban J connectivity index is 3.93. The summed E-state index contributed by atoms with van der Waals surface area (Å²) in [6.07, 6.45) is 2.14. The van der Waals surface area contributed by atoms with Crippen LogP contribution in [0.25, 0.3) is 0 Å². The maximum Gasteiger partial charge on any atom is 0.191 e. The number of likely N-dealkylation sites (N-methyl/N-ethyl adjacent to an activating group) is 1. The molecule has 0 fully saturated rings. The summed E-state index contributed by atoms with van der Waals surface area (Å²) in [5.41, 5.74) is 0. The summed E-state index contributed by atoms with van der Waals surface area (Å²) < 4.78 is 5.02. The van der Waals surface area contributed by atoms with Gasteiger partial charge in [-0.15, -0.1) is 0 Å². The summed E-state index contributed by atoms with van der Waals surface area (Å²) in [6, 6.07) is 0.628. The molecule has 1 atom stereocenters. The van der Waals surface area contributed by atoms with E-state index in [1.807, 2.05) is 0 Å². The molecule has 5 heteroatoms. The van der Waals surface area contributed by atoms with Gasteiger partial charge in [-0.3, -0.25) is 4.99 Å². The fourth-order valence-corrected chi connectivity index (χ4v) is 1.62. The zero-order valence-electron chi connectivity index (χ0n) is 13.3. The number of hydrogen-bond donors (Lipinski definition) is 2. The minimum atomic E-state index is 0.628. The van der Waals surface area contributed by atoms with Crippen molar-refractivity contribution in [2.45, 2.75) is 39.7 Å². The molecule has 0 aromatic carbocycles. The quantitative estimate of drug-likeness (QED) is 0.358. The van der Waals surface area contributed by atoms with Gasteiger partial charge in [0.25, 0.3) is 0 Å². The van der Waals surface area contributed by atoms with E-state index in [1.165, 1.54) is 6.42 Å². The molecular weight excluding hydrogens is 240 g/mol. The molecule has 0 amide bonds. The van der Waals surface area contributed by atoms with Crippen LogP contribution in [0.1, 0.15) is 33.6 Å². The van der Waals surface area contributed by atoms with Gasteiger partial charge in [0.05, 0.1) is 0 Å². The lowest BCUT2D eigenvalue weighted by molar-refractivity contribution is 0.197. The van der Waals surface area contributed by atoms with Crippen molar-refractivity contribution in [2.75, 3.05) is 46.9 Å². The minimum Gasteiger partial charge on any atom is -0.385 e. The third-order valence-electron chi connectivity index (χ3n) is 3.22. The summed E-state index contributed by atoms with van der Waals surface area (Å²) >= 11 is 0. The number of nitrogens with zero attached hydrogens (tertiary/aromatic N) is 2. The summed E-state index contributed by atoms with van der Waals surface area (Å²) in [6.45, 7) is 10.9. The van der Waals surface area contributed by atoms with Crippen LogP contribution < -0.4 is 10.6 Å². The second kappa shape index (κ2) is 12.2. The normalized spacial score (nSPS) is 13.7. The van der Waals surface area contributed by atoms with Crippen molar-refractivity contribution in [2.24, 2.45) is 4.99 Å². The fraction of sp³-hybridized carbons (Fsp3) is 0.929. The van der Waals surface area contributed by atoms with Gasteiger partial charge in [-0.05, 0) is 33.7 Å². The molecule has 0 aliphatic carbocycles. The van der Waals surface area contributed by atoms with E-state index in [-0.39, 0.29) is 0 Å². The number of aliphatic imine (C=N–C) groups is 1. The summed E-state index contributed by atoms with van der Waals surface area (Å²) in [7, 11) is 3.89. The van der Waals surface area contributed by atoms with Crippen LogP contribution in [0.4, 0.5) is 0 Å². The highest BCUT2D eigenvalue weighted by atomic mass is 16.5. The topological polar surface area (TPSA) is 48.9 Å². The number of nitrogens with one attached hydrogen (secondary N) is 2. The summed E-state index contributed by atoms with van der Waals surface area (Å²) in [5.74, 6) is 0.899. The first kappa shape index (κ1) is 18.2. The van der Waals surface area contributed by atoms with Crippen molar-refractivity contribution in [1.82, 2.24) is 15.5 Å². The monoisotopic (exact) mass is 272 g/mol. The molecule has 2 N–H and O–H groups in total. The van der Waals surface area contributed by atoms with E-state index >= 15 is 0 Å². The Hall–Kier alpha value is -0.810. The Bertz CT molecular complexity index is 233. The van der Waals surface area contributed by atoms with Crippen LogP contribution in [0.15, 0.2) is 4.99 Å². The lowest BCUT2D eigenvalue weighted by Crippen LogP contribution is -2.42. The van der Waals surface area contributed by atoms with Gasteiger partial charge in [-0.1, -0.05) is 6.92 Å². The summed E-state index contributed by atoms with van der Waals surface area (Å²) in [4.78, 5) is 6.87. The van der Waals surface area contributed by atoms with Gasteiger partial charge in [0, 0.05) is 45.9 Å². The van der Waals surface area contributed by atoms with Crippen LogP contribution in [0.5, 0.6) is 0 Å². The molecule has 0 radical (unpaired) electrons. The Morgan fingerprint density at radius 3 is 2.63 bits per heavy atom. The molecule has 0 bridgehead atoms. The lowest BCUT2D eigenvalue weighted by Gasteiger charge is -2.23. The third kappa shape index (κ3) is 9.73. The van der Waals surface area contributed by atoms with Gasteiger partial charge >= 0.3 is 0 Å². The maximum absolute atomic E-state index is 5.02. The molecule has 0 aromatic heterocycles. The zero-order valence-corrected chi connectivity index (χ0v) is 13.3. The molecule has 0 aromatic rings. The Kier molecular flexibility index (Phi) is 11.7. The standard InChI is InChI=1S/C14H32N4O/c1-6-13(3)18(4)11-10-17-14(15-7-2)16-9-8-12-19-5/h13H,6-12H2,1-5H3,(H2,15,16,17). The number of rotatable bonds is 10. The molecule has 1 unspecified atom stereocenters. The van der Waals surface area contributed by atoms with Crippen LogP contribution in [0.2, 0.25) is 0 Å². The minimum absolute atomic E-state index is 0.628. The highest BCUT2D eigenvalue weighted by Gasteiger charge is 2.06. The van der Waals surface area contributed by atoms with Crippen molar-refractivity contribution in [3.05, 3.63) is 0 Å². The van der Waals surface area contributed by atoms with Gasteiger partial charge in [-0.2, -0.15) is 0 Å². The van der Waals surface area contributed by atoms with E-state index in [1.54, 1.807) is 7.11 Å². The van der Waals surface area contributed by atoms with Crippen molar-refractivity contribution in [3.8, 4) is 0 Å². The van der Waals surface area contributed by atoms with E-state index in [4.69, 9.17) is 4.74 Å². The average Bonchev–Trinajstić information content (AvgIpc) is 2.42. The van der Waals surface area contributed by atoms with Crippen molar-refractivity contribution in [1.29, 1.82) is 0 Å². The fourth-order valence-electron chi connectivity index (χ4n) is 1.62. The number of hydrogen-bond acceptors (Lipinski definition) is 3. The van der Waals surface area contributed by atoms with E-state index in [2.05, 4.69) is 48.3 Å². The van der Waals surface area contributed by atoms with Gasteiger partial charge < -0.3 is 20.3 Å². The number of methoxy groups -OCH3 is 1. The van der Waals surface area contributed by atoms with Crippen LogP contribution in [-0.2, 0) is 4.74 Å². The Morgan fingerprint density at radius 2 is 2.05 bits per heavy atom. The SMILES string of the molecule is CCNC(=NCCCOC)NCCN(C)C(C)CC. The highest BCUT2D eigenvalue weighted by molar-refractivity contribution is 5.79. The second-order valence-corrected chi connectivity index (χ2v) is 4.77. The Labute approximate surface area is 118 Å². The molecule has 0 saturated heterocycles. The molecule has 0 spiro atoms. The van der Waals surface area contributed by atoms with Crippen molar-refractivity contribution in [3.63, 3.8) is 0 Å². The van der Waals surface area contributed by atoms with Crippen LogP contribution >= 0.6 is 0 Å². The first-order valence-electron chi connectivity index (χ1n) is 7.37. The van der Waals surface area contributed by atoms with Gasteiger partial charge in [-0.25, -0.2) is 0 Å². The van der Waals surface area contributed by atoms with Crippen molar-refractivity contribution >= 4 is 5.96 Å². The van der Waals surface area contributed by atoms with E-state index in [0.717, 1.165) is 45.2 Å². The molecule has 0 aliphatic heterocycles. The molecule has 0 rings (SSSR count). The van der Waals surface area contributed by atoms with Crippen LogP contribution in [-0.4, -0.2) is 63.8 Å². The zero-order chi connectivity index (χ0) is 14.5. The molecule has 0 aliphatic rings. The highest BCUT2D eigenvalue weighted by Crippen LogP contribution is 1.98. The maximum atomic E-state index is 5.02. The van der Waals surface area contributed by atoms with Gasteiger partial charge in [0.15, 0.2) is 5.96 Å². The first-order chi connectivity index (χ1) is 9.15. The smallest absolute Gasteiger partial charge is 0.191 e. The molecule has 0 saturated carbocycles. The third-order valence-corrected chi connectivity index (χ3v) is 3.22. The molecule has 19 heavy (non-hydrogen) atoms. The van der Waals surface area contributed by atoms with Crippen molar-refractivity contribution < 1.29 is 4.74 Å². The van der Waals surface area contributed by atoms with Crippen LogP contribution in [0.3, 0.4) is 0 Å². The van der Waals surface area contributed by atoms with E-state index < -0.39 is 0 Å². The largest absolute Gasteiger partial charge is 0.385 e. The number of guanidine groups is 1. The van der Waals surface area contributed by atoms with Gasteiger partial charge in [0.2, 0.25) is 0 Å². The molecule has 114 valence electrons. The summed E-state index contributed by atoms with van der Waals surface area (Å²) in [5, 5.41) is 6.62. The predicted octanol–water partition coefficient (Wildman–Crippen LogP) is 1.31. The molecule has 0 heterocycles. The molecule has 5 nitrogen and oxygen atoms in total. The van der Waals surface area contributed by atoms with E-state index in [9.17, 15) is 0 Å². The second-order valence-electron chi connectivity index (χ2n) is 4.77. The first-order valence-corrected chi connectivity index (χ1v) is 7.37. The average molecular weight is 272 g/mol. The van der Waals surface area contributed by atoms with Gasteiger partial charge in [0.1, 0.15) is 0 Å². The Morgan fingerprint density at radius 1 is 1.32 bits per heavy atom. The van der Waals surface area contributed by atoms with Crippen LogP contribution in [0, 0.1) is 0 Å².